The van der Waals surface area contributed by atoms with Crippen LogP contribution in [0, 0.1) is 0 Å². The van der Waals surface area contributed by atoms with E-state index in [4.69, 9.17) is 0 Å². The van der Waals surface area contributed by atoms with Crippen LogP contribution in [0.4, 0.5) is 0 Å². The molecule has 0 saturated carbocycles. The number of hydrogen-bond acceptors (Lipinski definition) is 3. The molecule has 0 amide bonds. The molecule has 0 atom stereocenters. The smallest absolute Gasteiger partial charge is 0.243 e. The fourth-order valence-electron chi connectivity index (χ4n) is 2.28. The molecule has 5 heteroatoms. The second-order valence-electron chi connectivity index (χ2n) is 4.99. The SMILES string of the molecule is C=CCN(C(C)C)S(=O)(=O)c1ccc2c(c1)CNC2. The van der Waals surface area contributed by atoms with Gasteiger partial charge in [-0.3, -0.25) is 0 Å². The van der Waals surface area contributed by atoms with Crippen LogP contribution in [-0.2, 0) is 23.1 Å². The van der Waals surface area contributed by atoms with Crippen molar-refractivity contribution in [2.75, 3.05) is 6.54 Å². The van der Waals surface area contributed by atoms with E-state index in [1.54, 1.807) is 18.2 Å². The first-order valence-corrected chi connectivity index (χ1v) is 7.86. The topological polar surface area (TPSA) is 49.4 Å². The molecule has 0 fully saturated rings. The lowest BCUT2D eigenvalue weighted by Crippen LogP contribution is -2.37. The summed E-state index contributed by atoms with van der Waals surface area (Å²) in [5.41, 5.74) is 2.25. The van der Waals surface area contributed by atoms with Crippen molar-refractivity contribution in [3.63, 3.8) is 0 Å². The second-order valence-corrected chi connectivity index (χ2v) is 6.88. The Kier molecular flexibility index (Phi) is 4.08. The summed E-state index contributed by atoms with van der Waals surface area (Å²) in [5.74, 6) is 0. The molecule has 0 saturated heterocycles. The number of nitrogens with one attached hydrogen (secondary N) is 1. The maximum Gasteiger partial charge on any atom is 0.243 e. The van der Waals surface area contributed by atoms with E-state index >= 15 is 0 Å². The van der Waals surface area contributed by atoms with Crippen LogP contribution in [0.1, 0.15) is 25.0 Å². The predicted octanol–water partition coefficient (Wildman–Crippen LogP) is 1.87. The van der Waals surface area contributed by atoms with Crippen molar-refractivity contribution in [1.29, 1.82) is 0 Å². The van der Waals surface area contributed by atoms with Crippen LogP contribution in [0.5, 0.6) is 0 Å². The number of rotatable bonds is 5. The van der Waals surface area contributed by atoms with Gasteiger partial charge in [0.15, 0.2) is 0 Å². The van der Waals surface area contributed by atoms with Crippen LogP contribution in [0.25, 0.3) is 0 Å². The Morgan fingerprint density at radius 1 is 1.37 bits per heavy atom. The minimum Gasteiger partial charge on any atom is -0.309 e. The molecular formula is C14H20N2O2S. The van der Waals surface area contributed by atoms with Gasteiger partial charge in [-0.05, 0) is 37.1 Å². The van der Waals surface area contributed by atoms with E-state index in [1.165, 1.54) is 9.87 Å². The molecule has 4 nitrogen and oxygen atoms in total. The zero-order valence-corrected chi connectivity index (χ0v) is 12.2. The molecule has 0 aliphatic carbocycles. The lowest BCUT2D eigenvalue weighted by Gasteiger charge is -2.24. The van der Waals surface area contributed by atoms with Crippen molar-refractivity contribution in [2.24, 2.45) is 0 Å². The van der Waals surface area contributed by atoms with E-state index in [2.05, 4.69) is 11.9 Å². The molecule has 1 aliphatic heterocycles. The quantitative estimate of drug-likeness (QED) is 0.838. The summed E-state index contributed by atoms with van der Waals surface area (Å²) < 4.78 is 26.7. The Labute approximate surface area is 115 Å². The Morgan fingerprint density at radius 3 is 2.68 bits per heavy atom. The number of hydrogen-bond donors (Lipinski definition) is 1. The third kappa shape index (κ3) is 2.73. The highest BCUT2D eigenvalue weighted by atomic mass is 32.2. The number of benzene rings is 1. The first kappa shape index (κ1) is 14.2. The zero-order chi connectivity index (χ0) is 14.0. The summed E-state index contributed by atoms with van der Waals surface area (Å²) in [6.07, 6.45) is 1.62. The van der Waals surface area contributed by atoms with E-state index in [9.17, 15) is 8.42 Å². The van der Waals surface area contributed by atoms with Crippen LogP contribution in [0.15, 0.2) is 35.7 Å². The van der Waals surface area contributed by atoms with E-state index in [1.807, 2.05) is 19.9 Å². The van der Waals surface area contributed by atoms with Crippen LogP contribution >= 0.6 is 0 Å². The molecule has 0 unspecified atom stereocenters. The highest BCUT2D eigenvalue weighted by Gasteiger charge is 2.27. The van der Waals surface area contributed by atoms with Crippen LogP contribution in [0.3, 0.4) is 0 Å². The largest absolute Gasteiger partial charge is 0.309 e. The molecule has 1 aromatic carbocycles. The molecule has 2 rings (SSSR count). The van der Waals surface area contributed by atoms with Gasteiger partial charge in [-0.1, -0.05) is 12.1 Å². The molecule has 0 bridgehead atoms. The van der Waals surface area contributed by atoms with Crippen molar-refractivity contribution in [3.05, 3.63) is 42.0 Å². The van der Waals surface area contributed by atoms with E-state index in [0.29, 0.717) is 11.4 Å². The summed E-state index contributed by atoms with van der Waals surface area (Å²) in [7, 11) is -3.45. The molecule has 104 valence electrons. The molecule has 1 aliphatic rings. The lowest BCUT2D eigenvalue weighted by molar-refractivity contribution is 0.383. The minimum atomic E-state index is -3.45. The predicted molar refractivity (Wildman–Crippen MR) is 76.2 cm³/mol. The highest BCUT2D eigenvalue weighted by Crippen LogP contribution is 2.23. The van der Waals surface area contributed by atoms with Gasteiger partial charge in [-0.15, -0.1) is 6.58 Å². The molecule has 1 heterocycles. The summed E-state index contributed by atoms with van der Waals surface area (Å²) in [6.45, 7) is 9.26. The maximum atomic E-state index is 12.6. The van der Waals surface area contributed by atoms with Crippen molar-refractivity contribution in [1.82, 2.24) is 9.62 Å². The Balaban J connectivity index is 2.40. The molecule has 0 spiro atoms. The Hall–Kier alpha value is -1.17. The number of fused-ring (bicyclic) bond motifs is 1. The van der Waals surface area contributed by atoms with Gasteiger partial charge in [-0.25, -0.2) is 8.42 Å². The molecule has 19 heavy (non-hydrogen) atoms. The third-order valence-corrected chi connectivity index (χ3v) is 5.34. The molecule has 0 radical (unpaired) electrons. The fraction of sp³-hybridized carbons (Fsp3) is 0.429. The first-order valence-electron chi connectivity index (χ1n) is 6.42. The number of nitrogens with zero attached hydrogens (tertiary/aromatic N) is 1. The average Bonchev–Trinajstić information content (AvgIpc) is 2.82. The van der Waals surface area contributed by atoms with Gasteiger partial charge in [-0.2, -0.15) is 4.31 Å². The van der Waals surface area contributed by atoms with Crippen molar-refractivity contribution in [3.8, 4) is 0 Å². The first-order chi connectivity index (χ1) is 8.96. The molecule has 1 N–H and O–H groups in total. The highest BCUT2D eigenvalue weighted by molar-refractivity contribution is 7.89. The lowest BCUT2D eigenvalue weighted by atomic mass is 10.1. The van der Waals surface area contributed by atoms with Crippen molar-refractivity contribution >= 4 is 10.0 Å². The second kappa shape index (κ2) is 5.45. The van der Waals surface area contributed by atoms with Crippen LogP contribution < -0.4 is 5.32 Å². The monoisotopic (exact) mass is 280 g/mol. The van der Waals surface area contributed by atoms with Crippen molar-refractivity contribution < 1.29 is 8.42 Å². The van der Waals surface area contributed by atoms with Crippen molar-refractivity contribution in [2.45, 2.75) is 37.9 Å². The van der Waals surface area contributed by atoms with Gasteiger partial charge in [0.2, 0.25) is 10.0 Å². The Morgan fingerprint density at radius 2 is 2.05 bits per heavy atom. The van der Waals surface area contributed by atoms with Gasteiger partial charge in [0.25, 0.3) is 0 Å². The summed E-state index contributed by atoms with van der Waals surface area (Å²) >= 11 is 0. The standard InChI is InChI=1S/C14H20N2O2S/c1-4-7-16(11(2)3)19(17,18)14-6-5-12-9-15-10-13(12)8-14/h4-6,8,11,15H,1,7,9-10H2,2-3H3. The molecular weight excluding hydrogens is 260 g/mol. The fourth-order valence-corrected chi connectivity index (χ4v) is 3.94. The van der Waals surface area contributed by atoms with Gasteiger partial charge in [0.1, 0.15) is 0 Å². The summed E-state index contributed by atoms with van der Waals surface area (Å²) in [5, 5.41) is 3.22. The van der Waals surface area contributed by atoms with E-state index < -0.39 is 10.0 Å². The van der Waals surface area contributed by atoms with Gasteiger partial charge >= 0.3 is 0 Å². The van der Waals surface area contributed by atoms with E-state index in [0.717, 1.165) is 18.7 Å². The molecule has 0 aromatic heterocycles. The minimum absolute atomic E-state index is 0.0885. The maximum absolute atomic E-state index is 12.6. The average molecular weight is 280 g/mol. The summed E-state index contributed by atoms with van der Waals surface area (Å²) in [6, 6.07) is 5.28. The molecule has 1 aromatic rings. The number of sulfonamides is 1. The van der Waals surface area contributed by atoms with Crippen LogP contribution in [0.2, 0.25) is 0 Å². The Bertz CT molecular complexity index is 579. The van der Waals surface area contributed by atoms with Gasteiger partial charge in [0.05, 0.1) is 4.90 Å². The van der Waals surface area contributed by atoms with Gasteiger partial charge in [0, 0.05) is 25.7 Å². The van der Waals surface area contributed by atoms with E-state index in [-0.39, 0.29) is 6.04 Å². The van der Waals surface area contributed by atoms with Gasteiger partial charge < -0.3 is 5.32 Å². The summed E-state index contributed by atoms with van der Waals surface area (Å²) in [4.78, 5) is 0.366. The third-order valence-electron chi connectivity index (χ3n) is 3.30. The van der Waals surface area contributed by atoms with Crippen LogP contribution in [-0.4, -0.2) is 25.3 Å². The normalized spacial score (nSPS) is 14.9. The zero-order valence-electron chi connectivity index (χ0n) is 11.4.